The number of tetrazole rings is 1. The lowest BCUT2D eigenvalue weighted by molar-refractivity contribution is 0.0522. The number of ether oxygens (including phenoxy) is 1. The molecule has 2 heterocycles. The minimum absolute atomic E-state index is 0.120. The van der Waals surface area contributed by atoms with E-state index in [0.717, 1.165) is 12.0 Å². The molecular formula is C20H23N5O3. The zero-order valence-electron chi connectivity index (χ0n) is 16.4. The van der Waals surface area contributed by atoms with Crippen molar-refractivity contribution in [3.63, 3.8) is 0 Å². The standard InChI is InChI=1S/C20H23N5O3/c1-5-14-7-9-15(10-8-14)19-22-24-25(23-19)11-16(26)17-12(3)21-13(4)18(17)20(27)28-6-2/h7-10,21H,5-6,11H2,1-4H3. The second-order valence-corrected chi connectivity index (χ2v) is 6.46. The van der Waals surface area contributed by atoms with E-state index in [2.05, 4.69) is 27.3 Å². The maximum absolute atomic E-state index is 12.9. The summed E-state index contributed by atoms with van der Waals surface area (Å²) in [4.78, 5) is 29.4. The van der Waals surface area contributed by atoms with Gasteiger partial charge in [-0.25, -0.2) is 4.79 Å². The molecule has 0 saturated carbocycles. The Morgan fingerprint density at radius 1 is 1.07 bits per heavy atom. The molecule has 0 amide bonds. The number of esters is 1. The molecule has 2 aromatic heterocycles. The molecule has 0 aliphatic carbocycles. The predicted octanol–water partition coefficient (Wildman–Crippen LogP) is 2.91. The highest BCUT2D eigenvalue weighted by Gasteiger charge is 2.26. The summed E-state index contributed by atoms with van der Waals surface area (Å²) in [5.41, 5.74) is 3.83. The van der Waals surface area contributed by atoms with Crippen LogP contribution in [0.4, 0.5) is 0 Å². The van der Waals surface area contributed by atoms with Crippen LogP contribution in [0.15, 0.2) is 24.3 Å². The number of aromatic amines is 1. The molecule has 0 fully saturated rings. The summed E-state index contributed by atoms with van der Waals surface area (Å²) in [5, 5.41) is 12.3. The molecule has 3 rings (SSSR count). The molecule has 3 aromatic rings. The first-order valence-corrected chi connectivity index (χ1v) is 9.21. The van der Waals surface area contributed by atoms with Gasteiger partial charge in [0.25, 0.3) is 0 Å². The van der Waals surface area contributed by atoms with Gasteiger partial charge < -0.3 is 9.72 Å². The topological polar surface area (TPSA) is 103 Å². The van der Waals surface area contributed by atoms with Crippen molar-refractivity contribution in [3.8, 4) is 11.4 Å². The van der Waals surface area contributed by atoms with Gasteiger partial charge in [-0.15, -0.1) is 10.2 Å². The van der Waals surface area contributed by atoms with Gasteiger partial charge in [0.1, 0.15) is 6.54 Å². The average Bonchev–Trinajstić information content (AvgIpc) is 3.25. The van der Waals surface area contributed by atoms with Crippen molar-refractivity contribution in [1.29, 1.82) is 0 Å². The van der Waals surface area contributed by atoms with Crippen molar-refractivity contribution in [2.45, 2.75) is 40.7 Å². The van der Waals surface area contributed by atoms with Crippen molar-refractivity contribution in [2.75, 3.05) is 6.61 Å². The number of benzene rings is 1. The van der Waals surface area contributed by atoms with Gasteiger partial charge in [0, 0.05) is 17.0 Å². The van der Waals surface area contributed by atoms with E-state index in [0.29, 0.717) is 22.8 Å². The Balaban J connectivity index is 1.82. The van der Waals surface area contributed by atoms with E-state index < -0.39 is 5.97 Å². The minimum Gasteiger partial charge on any atom is -0.462 e. The number of nitrogens with one attached hydrogen (secondary N) is 1. The first-order valence-electron chi connectivity index (χ1n) is 9.21. The number of carbonyl (C=O) groups excluding carboxylic acids is 2. The second kappa shape index (κ2) is 8.16. The normalized spacial score (nSPS) is 10.9. The van der Waals surface area contributed by atoms with Crippen LogP contribution in [0, 0.1) is 13.8 Å². The number of rotatable bonds is 7. The Kier molecular flexibility index (Phi) is 5.67. The van der Waals surface area contributed by atoms with E-state index in [4.69, 9.17) is 4.74 Å². The van der Waals surface area contributed by atoms with Crippen LogP contribution in [-0.4, -0.2) is 43.6 Å². The van der Waals surface area contributed by atoms with E-state index in [1.165, 1.54) is 10.4 Å². The number of nitrogens with zero attached hydrogens (tertiary/aromatic N) is 4. The van der Waals surface area contributed by atoms with Crippen LogP contribution in [0.25, 0.3) is 11.4 Å². The largest absolute Gasteiger partial charge is 0.462 e. The van der Waals surface area contributed by atoms with Crippen LogP contribution >= 0.6 is 0 Å². The molecule has 0 saturated heterocycles. The van der Waals surface area contributed by atoms with Gasteiger partial charge in [-0.2, -0.15) is 4.80 Å². The number of Topliss-reactive ketones (excluding diaryl/α,β-unsaturated/α-hetero) is 1. The first kappa shape index (κ1) is 19.5. The number of H-pyrrole nitrogens is 1. The zero-order valence-corrected chi connectivity index (χ0v) is 16.4. The van der Waals surface area contributed by atoms with Crippen LogP contribution in [0.3, 0.4) is 0 Å². The summed E-state index contributed by atoms with van der Waals surface area (Å²) < 4.78 is 5.08. The molecular weight excluding hydrogens is 358 g/mol. The summed E-state index contributed by atoms with van der Waals surface area (Å²) in [7, 11) is 0. The molecule has 0 atom stereocenters. The molecule has 0 aliphatic heterocycles. The number of aryl methyl sites for hydroxylation is 3. The highest BCUT2D eigenvalue weighted by molar-refractivity contribution is 6.08. The average molecular weight is 381 g/mol. The SMILES string of the molecule is CCOC(=O)c1c(C)[nH]c(C)c1C(=O)Cn1nnc(-c2ccc(CC)cc2)n1. The lowest BCUT2D eigenvalue weighted by Gasteiger charge is -2.05. The summed E-state index contributed by atoms with van der Waals surface area (Å²) in [6.45, 7) is 7.42. The monoisotopic (exact) mass is 381 g/mol. The molecule has 28 heavy (non-hydrogen) atoms. The maximum Gasteiger partial charge on any atom is 0.340 e. The number of aromatic nitrogens is 5. The summed E-state index contributed by atoms with van der Waals surface area (Å²) in [6.07, 6.45) is 0.952. The minimum atomic E-state index is -0.518. The number of hydrogen-bond acceptors (Lipinski definition) is 6. The molecule has 8 nitrogen and oxygen atoms in total. The fourth-order valence-electron chi connectivity index (χ4n) is 3.11. The van der Waals surface area contributed by atoms with Crippen molar-refractivity contribution >= 4 is 11.8 Å². The first-order chi connectivity index (χ1) is 13.4. The van der Waals surface area contributed by atoms with Crippen LogP contribution in [0.5, 0.6) is 0 Å². The van der Waals surface area contributed by atoms with Gasteiger partial charge >= 0.3 is 5.97 Å². The van der Waals surface area contributed by atoms with Gasteiger partial charge in [0.15, 0.2) is 5.78 Å². The highest BCUT2D eigenvalue weighted by Crippen LogP contribution is 2.21. The van der Waals surface area contributed by atoms with Gasteiger partial charge in [-0.1, -0.05) is 31.2 Å². The molecule has 0 radical (unpaired) electrons. The van der Waals surface area contributed by atoms with Gasteiger partial charge in [-0.3, -0.25) is 4.79 Å². The quantitative estimate of drug-likeness (QED) is 0.499. The Morgan fingerprint density at radius 3 is 2.39 bits per heavy atom. The second-order valence-electron chi connectivity index (χ2n) is 6.46. The Morgan fingerprint density at radius 2 is 1.75 bits per heavy atom. The summed E-state index contributed by atoms with van der Waals surface area (Å²) in [5.74, 6) is -0.353. The van der Waals surface area contributed by atoms with Crippen LogP contribution in [-0.2, 0) is 17.7 Å². The van der Waals surface area contributed by atoms with Crippen LogP contribution in [0.2, 0.25) is 0 Å². The molecule has 8 heteroatoms. The van der Waals surface area contributed by atoms with Gasteiger partial charge in [0.2, 0.25) is 5.82 Å². The molecule has 1 aromatic carbocycles. The number of hydrogen-bond donors (Lipinski definition) is 1. The lowest BCUT2D eigenvalue weighted by atomic mass is 10.0. The molecule has 146 valence electrons. The molecule has 0 unspecified atom stereocenters. The highest BCUT2D eigenvalue weighted by atomic mass is 16.5. The smallest absolute Gasteiger partial charge is 0.340 e. The van der Waals surface area contributed by atoms with Gasteiger partial charge in [0.05, 0.1) is 17.7 Å². The third-order valence-electron chi connectivity index (χ3n) is 4.49. The molecule has 0 aliphatic rings. The predicted molar refractivity (Wildman–Crippen MR) is 103 cm³/mol. The Bertz CT molecular complexity index is 1000. The molecule has 1 N–H and O–H groups in total. The Hall–Kier alpha value is -3.29. The van der Waals surface area contributed by atoms with E-state index in [1.54, 1.807) is 20.8 Å². The van der Waals surface area contributed by atoms with Crippen molar-refractivity contribution in [3.05, 3.63) is 52.3 Å². The Labute approximate surface area is 162 Å². The molecule has 0 bridgehead atoms. The summed E-state index contributed by atoms with van der Waals surface area (Å²) in [6, 6.07) is 7.89. The number of ketones is 1. The van der Waals surface area contributed by atoms with Crippen molar-refractivity contribution in [1.82, 2.24) is 25.2 Å². The number of carbonyl (C=O) groups is 2. The van der Waals surface area contributed by atoms with E-state index in [9.17, 15) is 9.59 Å². The van der Waals surface area contributed by atoms with Crippen LogP contribution < -0.4 is 0 Å². The van der Waals surface area contributed by atoms with E-state index in [1.807, 2.05) is 24.3 Å². The van der Waals surface area contributed by atoms with Crippen molar-refractivity contribution < 1.29 is 14.3 Å². The maximum atomic E-state index is 12.9. The summed E-state index contributed by atoms with van der Waals surface area (Å²) >= 11 is 0. The van der Waals surface area contributed by atoms with Crippen LogP contribution in [0.1, 0.15) is 51.5 Å². The fourth-order valence-corrected chi connectivity index (χ4v) is 3.11. The lowest BCUT2D eigenvalue weighted by Crippen LogP contribution is -2.17. The van der Waals surface area contributed by atoms with Gasteiger partial charge in [-0.05, 0) is 38.0 Å². The van der Waals surface area contributed by atoms with E-state index >= 15 is 0 Å². The fraction of sp³-hybridized carbons (Fsp3) is 0.350. The molecule has 0 spiro atoms. The zero-order chi connectivity index (χ0) is 20.3. The van der Waals surface area contributed by atoms with Crippen molar-refractivity contribution in [2.24, 2.45) is 0 Å². The van der Waals surface area contributed by atoms with E-state index in [-0.39, 0.29) is 24.5 Å². The third-order valence-corrected chi connectivity index (χ3v) is 4.49. The third kappa shape index (κ3) is 3.85.